The summed E-state index contributed by atoms with van der Waals surface area (Å²) in [7, 11) is 1.28. The van der Waals surface area contributed by atoms with Gasteiger partial charge in [-0.3, -0.25) is 15.1 Å². The molecular formula is C34H35N7O3. The van der Waals surface area contributed by atoms with Crippen molar-refractivity contribution in [2.75, 3.05) is 18.7 Å². The Bertz CT molecular complexity index is 1810. The van der Waals surface area contributed by atoms with Crippen molar-refractivity contribution >= 4 is 28.6 Å². The molecule has 3 heterocycles. The van der Waals surface area contributed by atoms with Gasteiger partial charge >= 0.3 is 6.09 Å². The van der Waals surface area contributed by atoms with Crippen molar-refractivity contribution in [2.24, 2.45) is 0 Å². The highest BCUT2D eigenvalue weighted by atomic mass is 16.5. The molecule has 1 aliphatic heterocycles. The number of para-hydroxylation sites is 2. The van der Waals surface area contributed by atoms with Crippen LogP contribution in [-0.4, -0.2) is 50.3 Å². The van der Waals surface area contributed by atoms with E-state index in [-0.39, 0.29) is 5.41 Å². The summed E-state index contributed by atoms with van der Waals surface area (Å²) >= 11 is 0. The van der Waals surface area contributed by atoms with Crippen molar-refractivity contribution in [3.63, 3.8) is 0 Å². The van der Waals surface area contributed by atoms with Gasteiger partial charge in [-0.15, -0.1) is 0 Å². The number of rotatable bonds is 5. The Hall–Kier alpha value is -5.09. The SMILES string of the molecule is COC(=O)N(NC(=O)c1c(CN2CCn3nc(C(C)(C)C)nc3C2)c(-c2ccccc2)nc2ccccc12)c1ccccc1. The molecule has 0 atom stereocenters. The molecule has 2 amide bonds. The van der Waals surface area contributed by atoms with E-state index < -0.39 is 12.0 Å². The minimum Gasteiger partial charge on any atom is -0.451 e. The number of anilines is 1. The molecule has 0 unspecified atom stereocenters. The van der Waals surface area contributed by atoms with Gasteiger partial charge in [0.25, 0.3) is 5.91 Å². The molecule has 0 bridgehead atoms. The number of carbonyl (C=O) groups excluding carboxylic acids is 2. The first-order chi connectivity index (χ1) is 21.2. The second kappa shape index (κ2) is 11.9. The fraction of sp³-hybridized carbons (Fsp3) is 0.265. The van der Waals surface area contributed by atoms with E-state index in [1.54, 1.807) is 24.3 Å². The monoisotopic (exact) mass is 589 g/mol. The molecule has 0 saturated carbocycles. The van der Waals surface area contributed by atoms with Crippen LogP contribution >= 0.6 is 0 Å². The minimum atomic E-state index is -0.710. The predicted molar refractivity (Wildman–Crippen MR) is 169 cm³/mol. The van der Waals surface area contributed by atoms with Crippen molar-refractivity contribution in [3.05, 3.63) is 108 Å². The topological polar surface area (TPSA) is 105 Å². The number of nitrogens with zero attached hydrogens (tertiary/aromatic N) is 6. The van der Waals surface area contributed by atoms with Crippen LogP contribution in [0.1, 0.15) is 48.3 Å². The summed E-state index contributed by atoms with van der Waals surface area (Å²) in [6.07, 6.45) is -0.710. The Morgan fingerprint density at radius 2 is 1.59 bits per heavy atom. The fourth-order valence-electron chi connectivity index (χ4n) is 5.40. The molecule has 5 aromatic rings. The molecule has 0 fully saturated rings. The molecule has 2 aromatic heterocycles. The molecule has 10 heteroatoms. The van der Waals surface area contributed by atoms with Crippen molar-refractivity contribution < 1.29 is 14.3 Å². The van der Waals surface area contributed by atoms with Crippen LogP contribution in [0.4, 0.5) is 10.5 Å². The van der Waals surface area contributed by atoms with Crippen LogP contribution in [0.5, 0.6) is 0 Å². The van der Waals surface area contributed by atoms with Crippen LogP contribution in [0.15, 0.2) is 84.9 Å². The lowest BCUT2D eigenvalue weighted by Gasteiger charge is -2.29. The number of aromatic nitrogens is 4. The summed E-state index contributed by atoms with van der Waals surface area (Å²) in [6, 6.07) is 26.3. The van der Waals surface area contributed by atoms with Crippen molar-refractivity contribution in [2.45, 2.75) is 45.8 Å². The third-order valence-electron chi connectivity index (χ3n) is 7.65. The summed E-state index contributed by atoms with van der Waals surface area (Å²) in [5.41, 5.74) is 6.63. The van der Waals surface area contributed by atoms with E-state index in [1.165, 1.54) is 7.11 Å². The van der Waals surface area contributed by atoms with Crippen LogP contribution in [0.3, 0.4) is 0 Å². The summed E-state index contributed by atoms with van der Waals surface area (Å²) in [4.78, 5) is 39.5. The van der Waals surface area contributed by atoms with Gasteiger partial charge in [-0.2, -0.15) is 10.1 Å². The lowest BCUT2D eigenvalue weighted by atomic mass is 9.95. The number of hydrazine groups is 1. The van der Waals surface area contributed by atoms with Crippen LogP contribution in [-0.2, 0) is 29.8 Å². The Morgan fingerprint density at radius 3 is 2.30 bits per heavy atom. The average molecular weight is 590 g/mol. The Kier molecular flexibility index (Phi) is 7.84. The largest absolute Gasteiger partial charge is 0.451 e. The normalized spacial score (nSPS) is 13.4. The molecule has 44 heavy (non-hydrogen) atoms. The maximum atomic E-state index is 14.4. The van der Waals surface area contributed by atoms with Gasteiger partial charge in [0.05, 0.1) is 42.7 Å². The standard InChI is InChI=1S/C34H35N7O3/c1-34(2,3)32-36-28-22-39(19-20-40(28)38-32)21-26-29(31(42)37-41(33(43)44-4)24-15-9-6-10-16-24)25-17-11-12-18-27(25)35-30(26)23-13-7-5-8-14-23/h5-18H,19-22H2,1-4H3,(H,37,42). The van der Waals surface area contributed by atoms with Crippen molar-refractivity contribution in [3.8, 4) is 11.3 Å². The number of carbonyl (C=O) groups is 2. The van der Waals surface area contributed by atoms with Crippen LogP contribution in [0, 0.1) is 0 Å². The Morgan fingerprint density at radius 1 is 0.909 bits per heavy atom. The third kappa shape index (κ3) is 5.76. The zero-order chi connectivity index (χ0) is 30.8. The highest BCUT2D eigenvalue weighted by Gasteiger charge is 2.30. The summed E-state index contributed by atoms with van der Waals surface area (Å²) in [5, 5.41) is 6.57. The third-order valence-corrected chi connectivity index (χ3v) is 7.65. The van der Waals surface area contributed by atoms with Gasteiger partial charge in [-0.1, -0.05) is 87.5 Å². The van der Waals surface area contributed by atoms with Gasteiger partial charge < -0.3 is 4.74 Å². The number of pyridine rings is 1. The predicted octanol–water partition coefficient (Wildman–Crippen LogP) is 5.72. The van der Waals surface area contributed by atoms with Crippen molar-refractivity contribution in [1.29, 1.82) is 0 Å². The number of hydrogen-bond acceptors (Lipinski definition) is 7. The van der Waals surface area contributed by atoms with E-state index in [1.807, 2.05) is 65.3 Å². The number of benzene rings is 3. The number of nitrogens with one attached hydrogen (secondary N) is 1. The molecule has 3 aromatic carbocycles. The second-order valence-electron chi connectivity index (χ2n) is 11.8. The number of amides is 2. The quantitative estimate of drug-likeness (QED) is 0.261. The molecule has 224 valence electrons. The van der Waals surface area contributed by atoms with Crippen molar-refractivity contribution in [1.82, 2.24) is 30.1 Å². The number of ether oxygens (including phenoxy) is 1. The number of fused-ring (bicyclic) bond motifs is 2. The van der Waals surface area contributed by atoms with Gasteiger partial charge in [-0.05, 0) is 18.2 Å². The van der Waals surface area contributed by atoms with Gasteiger partial charge in [0.2, 0.25) is 0 Å². The Labute approximate surface area is 256 Å². The van der Waals surface area contributed by atoms with E-state index in [0.29, 0.717) is 47.5 Å². The van der Waals surface area contributed by atoms with E-state index in [9.17, 15) is 9.59 Å². The first-order valence-electron chi connectivity index (χ1n) is 14.6. The number of hydrogen-bond donors (Lipinski definition) is 1. The van der Waals surface area contributed by atoms with Crippen LogP contribution < -0.4 is 10.4 Å². The minimum absolute atomic E-state index is 0.159. The van der Waals surface area contributed by atoms with Gasteiger partial charge in [0.15, 0.2) is 5.82 Å². The summed E-state index contributed by atoms with van der Waals surface area (Å²) in [5.74, 6) is 1.26. The van der Waals surface area contributed by atoms with Gasteiger partial charge in [-0.25, -0.2) is 19.4 Å². The Balaban J connectivity index is 1.46. The second-order valence-corrected chi connectivity index (χ2v) is 11.8. The van der Waals surface area contributed by atoms with E-state index >= 15 is 0 Å². The molecule has 0 aliphatic carbocycles. The van der Waals surface area contributed by atoms with Gasteiger partial charge in [0.1, 0.15) is 5.82 Å². The summed E-state index contributed by atoms with van der Waals surface area (Å²) in [6.45, 7) is 8.74. The molecule has 0 spiro atoms. The molecule has 10 nitrogen and oxygen atoms in total. The summed E-state index contributed by atoms with van der Waals surface area (Å²) < 4.78 is 7.01. The highest BCUT2D eigenvalue weighted by molar-refractivity contribution is 6.10. The van der Waals surface area contributed by atoms with Crippen LogP contribution in [0.25, 0.3) is 22.2 Å². The lowest BCUT2D eigenvalue weighted by Crippen LogP contribution is -2.47. The average Bonchev–Trinajstić information content (AvgIpc) is 3.48. The highest BCUT2D eigenvalue weighted by Crippen LogP contribution is 2.33. The number of methoxy groups -OCH3 is 1. The van der Waals surface area contributed by atoms with E-state index in [0.717, 1.165) is 34.3 Å². The van der Waals surface area contributed by atoms with E-state index in [4.69, 9.17) is 19.8 Å². The van der Waals surface area contributed by atoms with Gasteiger partial charge in [0, 0.05) is 35.0 Å². The maximum Gasteiger partial charge on any atom is 0.433 e. The fourth-order valence-corrected chi connectivity index (χ4v) is 5.40. The molecular weight excluding hydrogens is 554 g/mol. The molecule has 0 radical (unpaired) electrons. The molecule has 6 rings (SSSR count). The molecule has 0 saturated heterocycles. The van der Waals surface area contributed by atoms with E-state index in [2.05, 4.69) is 31.1 Å². The zero-order valence-corrected chi connectivity index (χ0v) is 25.3. The van der Waals surface area contributed by atoms with Crippen LogP contribution in [0.2, 0.25) is 0 Å². The maximum absolute atomic E-state index is 14.4. The molecule has 1 N–H and O–H groups in total. The first kappa shape index (κ1) is 29.0. The smallest absolute Gasteiger partial charge is 0.433 e. The zero-order valence-electron chi connectivity index (χ0n) is 25.3. The molecule has 1 aliphatic rings. The first-order valence-corrected chi connectivity index (χ1v) is 14.6. The lowest BCUT2D eigenvalue weighted by molar-refractivity contribution is 0.0940.